The van der Waals surface area contributed by atoms with Crippen molar-refractivity contribution in [1.29, 1.82) is 5.26 Å². The van der Waals surface area contributed by atoms with E-state index in [-0.39, 0.29) is 34.6 Å². The Morgan fingerprint density at radius 1 is 1.32 bits per heavy atom. The Morgan fingerprint density at radius 3 is 2.81 bits per heavy atom. The lowest BCUT2D eigenvalue weighted by molar-refractivity contribution is 0.0711. The Bertz CT molecular complexity index is 1370. The number of amides is 1. The van der Waals surface area contributed by atoms with Crippen LogP contribution in [0.15, 0.2) is 45.7 Å². The van der Waals surface area contributed by atoms with Crippen molar-refractivity contribution in [3.63, 3.8) is 0 Å². The molecule has 0 radical (unpaired) electrons. The van der Waals surface area contributed by atoms with Gasteiger partial charge in [-0.3, -0.25) is 9.36 Å². The predicted octanol–water partition coefficient (Wildman–Crippen LogP) is 4.08. The van der Waals surface area contributed by atoms with Gasteiger partial charge in [-0.05, 0) is 49.2 Å². The number of halogens is 2. The number of nitriles is 1. The maximum atomic E-state index is 13.2. The lowest BCUT2D eigenvalue weighted by atomic mass is 10.1. The Kier molecular flexibility index (Phi) is 4.50. The summed E-state index contributed by atoms with van der Waals surface area (Å²) in [5, 5.41) is 20.5. The average molecular weight is 500 g/mol. The van der Waals surface area contributed by atoms with Crippen LogP contribution >= 0.6 is 27.5 Å². The molecule has 0 aliphatic carbocycles. The minimum atomic E-state index is -0.389. The highest BCUT2D eigenvalue weighted by atomic mass is 79.9. The number of aromatic nitrogens is 2. The van der Waals surface area contributed by atoms with E-state index in [1.165, 1.54) is 10.6 Å². The number of carbonyl (C=O) groups excluding carboxylic acids is 1. The summed E-state index contributed by atoms with van der Waals surface area (Å²) in [5.74, 6) is -0.342. The van der Waals surface area contributed by atoms with E-state index in [9.17, 15) is 20.0 Å². The SMILES string of the molecule is Cc1c(-n2c(O)c3n(c2=O)[C@H]2C[C@@H]3N(C(=O)c3cccc(Br)c3)C2)ccc(C#N)c1Cl. The fourth-order valence-corrected chi connectivity index (χ4v) is 5.28. The van der Waals surface area contributed by atoms with Gasteiger partial charge in [-0.25, -0.2) is 9.36 Å². The van der Waals surface area contributed by atoms with Crippen LogP contribution in [0, 0.1) is 18.3 Å². The molecule has 2 bridgehead atoms. The lowest BCUT2D eigenvalue weighted by Gasteiger charge is -2.27. The Morgan fingerprint density at radius 2 is 2.10 bits per heavy atom. The van der Waals surface area contributed by atoms with Crippen molar-refractivity contribution in [3.05, 3.63) is 78.8 Å². The van der Waals surface area contributed by atoms with E-state index in [1.807, 2.05) is 12.1 Å². The summed E-state index contributed by atoms with van der Waals surface area (Å²) in [7, 11) is 0. The second kappa shape index (κ2) is 7.01. The van der Waals surface area contributed by atoms with Gasteiger partial charge in [0.05, 0.1) is 28.4 Å². The fourth-order valence-electron chi connectivity index (χ4n) is 4.68. The Balaban J connectivity index is 1.60. The number of likely N-dealkylation sites (tertiary alicyclic amines) is 1. The molecule has 2 atom stereocenters. The second-order valence-corrected chi connectivity index (χ2v) is 9.05. The molecule has 1 aromatic heterocycles. The zero-order valence-electron chi connectivity index (χ0n) is 16.3. The van der Waals surface area contributed by atoms with Crippen molar-refractivity contribution in [2.24, 2.45) is 0 Å². The van der Waals surface area contributed by atoms with Crippen molar-refractivity contribution < 1.29 is 9.90 Å². The molecule has 3 heterocycles. The third-order valence-corrected chi connectivity index (χ3v) is 7.09. The maximum Gasteiger partial charge on any atom is 0.336 e. The summed E-state index contributed by atoms with van der Waals surface area (Å²) in [5.41, 5.74) is 1.84. The third-order valence-electron chi connectivity index (χ3n) is 6.11. The Labute approximate surface area is 190 Å². The number of imidazole rings is 1. The van der Waals surface area contributed by atoms with Crippen LogP contribution in [0.1, 0.15) is 45.7 Å². The van der Waals surface area contributed by atoms with E-state index in [0.29, 0.717) is 41.0 Å². The van der Waals surface area contributed by atoms with Gasteiger partial charge < -0.3 is 10.0 Å². The predicted molar refractivity (Wildman–Crippen MR) is 118 cm³/mol. The summed E-state index contributed by atoms with van der Waals surface area (Å²) in [6, 6.07) is 11.7. The number of carbonyl (C=O) groups is 1. The number of rotatable bonds is 2. The topological polar surface area (TPSA) is 91.3 Å². The summed E-state index contributed by atoms with van der Waals surface area (Å²) >= 11 is 9.67. The van der Waals surface area contributed by atoms with Gasteiger partial charge in [-0.2, -0.15) is 5.26 Å². The first-order valence-corrected chi connectivity index (χ1v) is 10.8. The van der Waals surface area contributed by atoms with Gasteiger partial charge in [-0.15, -0.1) is 0 Å². The smallest absolute Gasteiger partial charge is 0.336 e. The van der Waals surface area contributed by atoms with Crippen LogP contribution in [-0.4, -0.2) is 31.6 Å². The maximum absolute atomic E-state index is 13.2. The van der Waals surface area contributed by atoms with Crippen LogP contribution in [0.3, 0.4) is 0 Å². The molecule has 2 aliphatic rings. The van der Waals surface area contributed by atoms with Crippen molar-refractivity contribution in [2.45, 2.75) is 25.4 Å². The highest BCUT2D eigenvalue weighted by Crippen LogP contribution is 2.49. The van der Waals surface area contributed by atoms with E-state index in [1.54, 1.807) is 40.7 Å². The number of fused-ring (bicyclic) bond motifs is 5. The van der Waals surface area contributed by atoms with Gasteiger partial charge in [0.1, 0.15) is 11.8 Å². The van der Waals surface area contributed by atoms with Crippen molar-refractivity contribution >= 4 is 33.4 Å². The molecule has 7 nitrogen and oxygen atoms in total. The van der Waals surface area contributed by atoms with Gasteiger partial charge in [-0.1, -0.05) is 33.6 Å². The second-order valence-electron chi connectivity index (χ2n) is 7.75. The van der Waals surface area contributed by atoms with Crippen molar-refractivity contribution in [3.8, 4) is 17.6 Å². The van der Waals surface area contributed by atoms with E-state index in [0.717, 1.165) is 4.47 Å². The molecule has 0 saturated carbocycles. The molecule has 3 aromatic rings. The molecule has 1 saturated heterocycles. The lowest BCUT2D eigenvalue weighted by Crippen LogP contribution is -2.37. The minimum Gasteiger partial charge on any atom is -0.493 e. The molecule has 5 rings (SSSR count). The largest absolute Gasteiger partial charge is 0.493 e. The van der Waals surface area contributed by atoms with Crippen molar-refractivity contribution in [1.82, 2.24) is 14.0 Å². The highest BCUT2D eigenvalue weighted by Gasteiger charge is 2.49. The van der Waals surface area contributed by atoms with Gasteiger partial charge in [0.25, 0.3) is 5.91 Å². The van der Waals surface area contributed by atoms with Crippen molar-refractivity contribution in [2.75, 3.05) is 6.54 Å². The monoisotopic (exact) mass is 498 g/mol. The van der Waals surface area contributed by atoms with Gasteiger partial charge in [0.2, 0.25) is 5.88 Å². The zero-order chi connectivity index (χ0) is 22.0. The molecule has 0 spiro atoms. The molecule has 1 amide bonds. The molecule has 156 valence electrons. The summed E-state index contributed by atoms with van der Waals surface area (Å²) in [6.45, 7) is 2.10. The number of hydrogen-bond acceptors (Lipinski definition) is 4. The molecule has 0 unspecified atom stereocenters. The van der Waals surface area contributed by atoms with Gasteiger partial charge in [0.15, 0.2) is 0 Å². The molecular formula is C22H16BrClN4O3. The normalized spacial score (nSPS) is 18.8. The van der Waals surface area contributed by atoms with E-state index < -0.39 is 0 Å². The van der Waals surface area contributed by atoms with E-state index in [2.05, 4.69) is 15.9 Å². The summed E-state index contributed by atoms with van der Waals surface area (Å²) in [6.07, 6.45) is 0.589. The molecule has 31 heavy (non-hydrogen) atoms. The van der Waals surface area contributed by atoms with E-state index in [4.69, 9.17) is 11.6 Å². The number of hydrogen-bond donors (Lipinski definition) is 1. The Hall–Kier alpha value is -3.02. The van der Waals surface area contributed by atoms with Crippen LogP contribution in [0.4, 0.5) is 0 Å². The first kappa shape index (κ1) is 19.9. The zero-order valence-corrected chi connectivity index (χ0v) is 18.7. The number of benzene rings is 2. The minimum absolute atomic E-state index is 0.141. The van der Waals surface area contributed by atoms with Crippen LogP contribution in [-0.2, 0) is 0 Å². The van der Waals surface area contributed by atoms with Gasteiger partial charge in [0, 0.05) is 16.6 Å². The molecule has 9 heteroatoms. The van der Waals surface area contributed by atoms with Crippen LogP contribution in [0.25, 0.3) is 5.69 Å². The molecule has 1 N–H and O–H groups in total. The molecule has 2 aliphatic heterocycles. The third kappa shape index (κ3) is 2.77. The first-order valence-electron chi connectivity index (χ1n) is 9.65. The standard InChI is InChI=1S/C22H16BrClN4O3/c1-11-16(6-5-13(9-25)18(11)24)28-21(30)19-17-8-15(27(19)22(28)31)10-26(17)20(29)12-3-2-4-14(23)7-12/h2-7,15,17,30H,8,10H2,1H3/t15-,17-/m0/s1. The molecule has 2 aromatic carbocycles. The first-order chi connectivity index (χ1) is 14.8. The van der Waals surface area contributed by atoms with Crippen LogP contribution in [0.2, 0.25) is 5.02 Å². The van der Waals surface area contributed by atoms with Crippen LogP contribution < -0.4 is 5.69 Å². The van der Waals surface area contributed by atoms with Gasteiger partial charge >= 0.3 is 5.69 Å². The van der Waals surface area contributed by atoms with E-state index >= 15 is 0 Å². The summed E-state index contributed by atoms with van der Waals surface area (Å²) < 4.78 is 3.60. The quantitative estimate of drug-likeness (QED) is 0.575. The fraction of sp³-hybridized carbons (Fsp3) is 0.227. The highest BCUT2D eigenvalue weighted by molar-refractivity contribution is 9.10. The number of nitrogens with zero attached hydrogens (tertiary/aromatic N) is 4. The molecule has 1 fully saturated rings. The van der Waals surface area contributed by atoms with Crippen LogP contribution in [0.5, 0.6) is 5.88 Å². The average Bonchev–Trinajstić information content (AvgIpc) is 3.41. The summed E-state index contributed by atoms with van der Waals surface area (Å²) in [4.78, 5) is 28.1. The molecular weight excluding hydrogens is 484 g/mol. The number of aromatic hydroxyl groups is 1.